The molecule has 4 nitrogen and oxygen atoms in total. The summed E-state index contributed by atoms with van der Waals surface area (Å²) in [6.07, 6.45) is 9.78. The van der Waals surface area contributed by atoms with Gasteiger partial charge in [-0.15, -0.1) is 0 Å². The Bertz CT molecular complexity index is 499. The summed E-state index contributed by atoms with van der Waals surface area (Å²) >= 11 is 0. The lowest BCUT2D eigenvalue weighted by molar-refractivity contribution is 0.0888. The summed E-state index contributed by atoms with van der Waals surface area (Å²) in [4.78, 5) is 16.8. The smallest absolute Gasteiger partial charge is 0.289 e. The third kappa shape index (κ3) is 3.66. The molecule has 1 amide bonds. The van der Waals surface area contributed by atoms with Crippen LogP contribution in [-0.2, 0) is 6.42 Å². The Balaban J connectivity index is 1.59. The first-order chi connectivity index (χ1) is 10.1. The van der Waals surface area contributed by atoms with Crippen LogP contribution in [0.2, 0.25) is 0 Å². The topological polar surface area (TPSA) is 55.1 Å². The molecule has 0 bridgehead atoms. The lowest BCUT2D eigenvalue weighted by Crippen LogP contribution is -2.39. The summed E-state index contributed by atoms with van der Waals surface area (Å²) in [5.41, 5.74) is 0.721. The van der Waals surface area contributed by atoms with E-state index in [1.807, 2.05) is 6.92 Å². The van der Waals surface area contributed by atoms with Gasteiger partial charge in [0.25, 0.3) is 5.91 Å². The van der Waals surface area contributed by atoms with Crippen molar-refractivity contribution in [1.29, 1.82) is 0 Å². The summed E-state index contributed by atoms with van der Waals surface area (Å²) < 4.78 is 5.69. The van der Waals surface area contributed by atoms with E-state index in [1.165, 1.54) is 44.9 Å². The van der Waals surface area contributed by atoms with Crippen LogP contribution in [0, 0.1) is 18.8 Å². The monoisotopic (exact) mass is 290 g/mol. The van der Waals surface area contributed by atoms with Crippen LogP contribution in [0.25, 0.3) is 0 Å². The molecule has 1 unspecified atom stereocenters. The number of carbonyl (C=O) groups excluding carboxylic acids is 1. The Morgan fingerprint density at radius 2 is 2.00 bits per heavy atom. The molecule has 4 heteroatoms. The largest absolute Gasteiger partial charge is 0.435 e. The molecule has 0 aliphatic heterocycles. The van der Waals surface area contributed by atoms with Crippen LogP contribution in [0.5, 0.6) is 0 Å². The van der Waals surface area contributed by atoms with Crippen molar-refractivity contribution in [3.63, 3.8) is 0 Å². The Kier molecular flexibility index (Phi) is 4.32. The molecule has 0 saturated heterocycles. The van der Waals surface area contributed by atoms with Gasteiger partial charge in [0.05, 0.1) is 5.69 Å². The number of oxazole rings is 1. The zero-order chi connectivity index (χ0) is 14.8. The molecule has 1 heterocycles. The normalized spacial score (nSPS) is 21.2. The van der Waals surface area contributed by atoms with E-state index in [9.17, 15) is 4.79 Å². The van der Waals surface area contributed by atoms with Crippen LogP contribution in [-0.4, -0.2) is 16.9 Å². The van der Waals surface area contributed by atoms with Crippen LogP contribution in [0.3, 0.4) is 0 Å². The average molecular weight is 290 g/mol. The van der Waals surface area contributed by atoms with Crippen LogP contribution in [0.15, 0.2) is 4.42 Å². The minimum absolute atomic E-state index is 0.0971. The molecular formula is C17H26N2O2. The molecule has 0 radical (unpaired) electrons. The Hall–Kier alpha value is -1.32. The number of nitrogens with one attached hydrogen (secondary N) is 1. The molecule has 2 aliphatic carbocycles. The minimum atomic E-state index is -0.0971. The number of aryl methyl sites for hydroxylation is 1. The predicted octanol–water partition coefficient (Wildman–Crippen LogP) is 3.63. The van der Waals surface area contributed by atoms with E-state index in [4.69, 9.17) is 4.42 Å². The van der Waals surface area contributed by atoms with Gasteiger partial charge in [-0.25, -0.2) is 4.98 Å². The molecule has 0 spiro atoms. The molecule has 116 valence electrons. The molecule has 1 aromatic heterocycles. The van der Waals surface area contributed by atoms with Gasteiger partial charge < -0.3 is 9.73 Å². The molecule has 2 fully saturated rings. The highest BCUT2D eigenvalue weighted by atomic mass is 16.4. The fraction of sp³-hybridized carbons (Fsp3) is 0.765. The maximum absolute atomic E-state index is 12.4. The summed E-state index contributed by atoms with van der Waals surface area (Å²) in [5, 5.41) is 3.12. The van der Waals surface area contributed by atoms with E-state index in [0.717, 1.165) is 23.9 Å². The zero-order valence-electron chi connectivity index (χ0n) is 13.2. The first-order valence-electron chi connectivity index (χ1n) is 8.40. The standard InChI is InChI=1S/C17H26N2O2/c1-11(14-6-4-3-5-7-14)19-17(20)16-12(2)18-15(21-16)10-13-8-9-13/h11,13-14H,3-10H2,1-2H3,(H,19,20). The fourth-order valence-electron chi connectivity index (χ4n) is 3.34. The Labute approximate surface area is 126 Å². The highest BCUT2D eigenvalue weighted by Gasteiger charge is 2.27. The number of nitrogens with zero attached hydrogens (tertiary/aromatic N) is 1. The quantitative estimate of drug-likeness (QED) is 0.901. The average Bonchev–Trinajstić information content (AvgIpc) is 3.21. The van der Waals surface area contributed by atoms with Crippen molar-refractivity contribution in [3.8, 4) is 0 Å². The van der Waals surface area contributed by atoms with Crippen LogP contribution >= 0.6 is 0 Å². The van der Waals surface area contributed by atoms with Crippen molar-refractivity contribution < 1.29 is 9.21 Å². The minimum Gasteiger partial charge on any atom is -0.435 e. The fourth-order valence-corrected chi connectivity index (χ4v) is 3.34. The van der Waals surface area contributed by atoms with Crippen molar-refractivity contribution >= 4 is 5.91 Å². The Morgan fingerprint density at radius 1 is 1.29 bits per heavy atom. The van der Waals surface area contributed by atoms with Gasteiger partial charge in [-0.1, -0.05) is 19.3 Å². The second-order valence-electron chi connectivity index (χ2n) is 6.83. The van der Waals surface area contributed by atoms with E-state index < -0.39 is 0 Å². The lowest BCUT2D eigenvalue weighted by atomic mass is 9.84. The van der Waals surface area contributed by atoms with Crippen molar-refractivity contribution in [2.24, 2.45) is 11.8 Å². The number of carbonyl (C=O) groups is 1. The number of hydrogen-bond donors (Lipinski definition) is 1. The predicted molar refractivity (Wildman–Crippen MR) is 81.2 cm³/mol. The van der Waals surface area contributed by atoms with Crippen molar-refractivity contribution in [1.82, 2.24) is 10.3 Å². The van der Waals surface area contributed by atoms with Gasteiger partial charge in [0, 0.05) is 12.5 Å². The summed E-state index contributed by atoms with van der Waals surface area (Å²) in [6.45, 7) is 3.98. The van der Waals surface area contributed by atoms with Crippen molar-refractivity contribution in [2.45, 2.75) is 71.3 Å². The van der Waals surface area contributed by atoms with E-state index in [1.54, 1.807) is 0 Å². The maximum atomic E-state index is 12.4. The molecule has 2 saturated carbocycles. The van der Waals surface area contributed by atoms with Gasteiger partial charge >= 0.3 is 0 Å². The third-order valence-electron chi connectivity index (χ3n) is 4.92. The van der Waals surface area contributed by atoms with Crippen LogP contribution < -0.4 is 5.32 Å². The first-order valence-corrected chi connectivity index (χ1v) is 8.40. The van der Waals surface area contributed by atoms with Gasteiger partial charge in [0.2, 0.25) is 5.76 Å². The lowest BCUT2D eigenvalue weighted by Gasteiger charge is -2.27. The first kappa shape index (κ1) is 14.6. The van der Waals surface area contributed by atoms with Gasteiger partial charge in [-0.2, -0.15) is 0 Å². The van der Waals surface area contributed by atoms with E-state index in [0.29, 0.717) is 11.7 Å². The zero-order valence-corrected chi connectivity index (χ0v) is 13.2. The second-order valence-corrected chi connectivity index (χ2v) is 6.83. The maximum Gasteiger partial charge on any atom is 0.289 e. The SMILES string of the molecule is Cc1nc(CC2CC2)oc1C(=O)NC(C)C1CCCCC1. The summed E-state index contributed by atoms with van der Waals surface area (Å²) in [6, 6.07) is 0.217. The molecule has 1 aromatic rings. The van der Waals surface area contributed by atoms with E-state index in [2.05, 4.69) is 17.2 Å². The number of amides is 1. The highest BCUT2D eigenvalue weighted by molar-refractivity contribution is 5.92. The second kappa shape index (κ2) is 6.20. The Morgan fingerprint density at radius 3 is 2.67 bits per heavy atom. The summed E-state index contributed by atoms with van der Waals surface area (Å²) in [5.74, 6) is 2.37. The number of rotatable bonds is 5. The number of aromatic nitrogens is 1. The van der Waals surface area contributed by atoms with Gasteiger partial charge in [-0.05, 0) is 51.4 Å². The van der Waals surface area contributed by atoms with Gasteiger partial charge in [0.15, 0.2) is 5.89 Å². The molecular weight excluding hydrogens is 264 g/mol. The molecule has 21 heavy (non-hydrogen) atoms. The van der Waals surface area contributed by atoms with Crippen molar-refractivity contribution in [2.75, 3.05) is 0 Å². The highest BCUT2D eigenvalue weighted by Crippen LogP contribution is 2.32. The summed E-state index contributed by atoms with van der Waals surface area (Å²) in [7, 11) is 0. The number of hydrogen-bond acceptors (Lipinski definition) is 3. The molecule has 1 N–H and O–H groups in total. The molecule has 1 atom stereocenters. The third-order valence-corrected chi connectivity index (χ3v) is 4.92. The molecule has 3 rings (SSSR count). The molecule has 0 aromatic carbocycles. The van der Waals surface area contributed by atoms with Crippen LogP contribution in [0.1, 0.15) is 74.0 Å². The molecule has 2 aliphatic rings. The van der Waals surface area contributed by atoms with Crippen LogP contribution in [0.4, 0.5) is 0 Å². The van der Waals surface area contributed by atoms with E-state index in [-0.39, 0.29) is 11.9 Å². The van der Waals surface area contributed by atoms with E-state index >= 15 is 0 Å². The van der Waals surface area contributed by atoms with Gasteiger partial charge in [-0.3, -0.25) is 4.79 Å². The van der Waals surface area contributed by atoms with Crippen molar-refractivity contribution in [3.05, 3.63) is 17.3 Å². The van der Waals surface area contributed by atoms with Gasteiger partial charge in [0.1, 0.15) is 0 Å².